The van der Waals surface area contributed by atoms with Gasteiger partial charge in [0.2, 0.25) is 5.82 Å². The largest absolute Gasteiger partial charge is 0.318 e. The summed E-state index contributed by atoms with van der Waals surface area (Å²) >= 11 is 12.1. The quantitative estimate of drug-likeness (QED) is 0.485. The third-order valence-electron chi connectivity index (χ3n) is 4.04. The van der Waals surface area contributed by atoms with Gasteiger partial charge in [-0.3, -0.25) is 4.79 Å². The number of carbonyl (C=O) groups is 1. The minimum absolute atomic E-state index is 0.0359. The SMILES string of the molecule is O=C(Nc1ccccc1Cl)c1nc(-c2ccc(Cl)cc2)n(-c2ccccc2)n1. The van der Waals surface area contributed by atoms with Gasteiger partial charge >= 0.3 is 0 Å². The van der Waals surface area contributed by atoms with Crippen molar-refractivity contribution in [1.82, 2.24) is 14.8 Å². The predicted molar refractivity (Wildman–Crippen MR) is 111 cm³/mol. The van der Waals surface area contributed by atoms with E-state index >= 15 is 0 Å². The molecule has 1 N–H and O–H groups in total. The number of hydrogen-bond acceptors (Lipinski definition) is 3. The molecule has 3 aromatic carbocycles. The molecule has 0 spiro atoms. The Balaban J connectivity index is 1.76. The number of aromatic nitrogens is 3. The van der Waals surface area contributed by atoms with E-state index in [4.69, 9.17) is 23.2 Å². The van der Waals surface area contributed by atoms with Gasteiger partial charge in [0, 0.05) is 10.6 Å². The number of anilines is 1. The van der Waals surface area contributed by atoms with Gasteiger partial charge in [-0.15, -0.1) is 5.10 Å². The van der Waals surface area contributed by atoms with Crippen LogP contribution in [0.15, 0.2) is 78.9 Å². The van der Waals surface area contributed by atoms with Gasteiger partial charge in [-0.05, 0) is 48.5 Å². The van der Waals surface area contributed by atoms with Crippen LogP contribution >= 0.6 is 23.2 Å². The van der Waals surface area contributed by atoms with Crippen molar-refractivity contribution in [3.05, 3.63) is 94.7 Å². The summed E-state index contributed by atoms with van der Waals surface area (Å²) in [6.45, 7) is 0. The zero-order valence-electron chi connectivity index (χ0n) is 14.5. The maximum absolute atomic E-state index is 12.7. The second kappa shape index (κ2) is 7.84. The molecule has 0 aliphatic rings. The number of para-hydroxylation sites is 2. The number of nitrogens with zero attached hydrogens (tertiary/aromatic N) is 3. The predicted octanol–water partition coefficient (Wildman–Crippen LogP) is 5.49. The molecule has 0 radical (unpaired) electrons. The monoisotopic (exact) mass is 408 g/mol. The number of benzene rings is 3. The first-order chi connectivity index (χ1) is 13.6. The van der Waals surface area contributed by atoms with Crippen molar-refractivity contribution in [2.75, 3.05) is 5.32 Å². The summed E-state index contributed by atoms with van der Waals surface area (Å²) in [5, 5.41) is 8.23. The molecular formula is C21H14Cl2N4O. The van der Waals surface area contributed by atoms with Crippen LogP contribution < -0.4 is 5.32 Å². The molecule has 0 saturated heterocycles. The van der Waals surface area contributed by atoms with Crippen LogP contribution in [-0.4, -0.2) is 20.7 Å². The summed E-state index contributed by atoms with van der Waals surface area (Å²) in [6.07, 6.45) is 0. The molecule has 0 fully saturated rings. The van der Waals surface area contributed by atoms with Crippen molar-refractivity contribution in [2.45, 2.75) is 0 Å². The minimum Gasteiger partial charge on any atom is -0.318 e. The fourth-order valence-corrected chi connectivity index (χ4v) is 2.99. The Hall–Kier alpha value is -3.15. The van der Waals surface area contributed by atoms with Crippen molar-refractivity contribution >= 4 is 34.8 Å². The van der Waals surface area contributed by atoms with Crippen molar-refractivity contribution in [3.63, 3.8) is 0 Å². The maximum atomic E-state index is 12.7. The fraction of sp³-hybridized carbons (Fsp3) is 0. The van der Waals surface area contributed by atoms with E-state index in [1.807, 2.05) is 42.5 Å². The lowest BCUT2D eigenvalue weighted by Gasteiger charge is -2.05. The Labute approximate surface area is 171 Å². The second-order valence-electron chi connectivity index (χ2n) is 5.95. The lowest BCUT2D eigenvalue weighted by Crippen LogP contribution is -2.14. The van der Waals surface area contributed by atoms with Gasteiger partial charge < -0.3 is 5.32 Å². The first kappa shape index (κ1) is 18.2. The molecule has 0 saturated carbocycles. The molecule has 138 valence electrons. The fourth-order valence-electron chi connectivity index (χ4n) is 2.68. The van der Waals surface area contributed by atoms with Crippen LogP contribution in [0.3, 0.4) is 0 Å². The summed E-state index contributed by atoms with van der Waals surface area (Å²) in [6, 6.07) is 23.7. The van der Waals surface area contributed by atoms with Crippen molar-refractivity contribution in [1.29, 1.82) is 0 Å². The van der Waals surface area contributed by atoms with Gasteiger partial charge in [-0.25, -0.2) is 9.67 Å². The first-order valence-electron chi connectivity index (χ1n) is 8.46. The van der Waals surface area contributed by atoms with Crippen LogP contribution in [-0.2, 0) is 0 Å². The number of hydrogen-bond donors (Lipinski definition) is 1. The van der Waals surface area contributed by atoms with Crippen LogP contribution in [0.4, 0.5) is 5.69 Å². The lowest BCUT2D eigenvalue weighted by atomic mass is 10.2. The third kappa shape index (κ3) is 3.76. The van der Waals surface area contributed by atoms with E-state index in [0.29, 0.717) is 21.6 Å². The number of carbonyl (C=O) groups excluding carboxylic acids is 1. The molecule has 4 aromatic rings. The summed E-state index contributed by atoms with van der Waals surface area (Å²) in [4.78, 5) is 17.2. The van der Waals surface area contributed by atoms with Crippen LogP contribution in [0.5, 0.6) is 0 Å². The number of amides is 1. The van der Waals surface area contributed by atoms with Gasteiger partial charge in [0.05, 0.1) is 16.4 Å². The van der Waals surface area contributed by atoms with Crippen LogP contribution in [0.25, 0.3) is 17.1 Å². The Bertz CT molecular complexity index is 1120. The first-order valence-corrected chi connectivity index (χ1v) is 9.22. The summed E-state index contributed by atoms with van der Waals surface area (Å²) in [7, 11) is 0. The van der Waals surface area contributed by atoms with Crippen LogP contribution in [0.1, 0.15) is 10.6 Å². The van der Waals surface area contributed by atoms with E-state index < -0.39 is 5.91 Å². The zero-order valence-corrected chi connectivity index (χ0v) is 16.0. The van der Waals surface area contributed by atoms with Gasteiger partial charge in [0.25, 0.3) is 5.91 Å². The molecule has 5 nitrogen and oxygen atoms in total. The van der Waals surface area contributed by atoms with E-state index in [1.54, 1.807) is 41.1 Å². The molecule has 28 heavy (non-hydrogen) atoms. The molecule has 0 unspecified atom stereocenters. The van der Waals surface area contributed by atoms with E-state index in [2.05, 4.69) is 15.4 Å². The lowest BCUT2D eigenvalue weighted by molar-refractivity contribution is 0.101. The average Bonchev–Trinajstić information content (AvgIpc) is 3.16. The van der Waals surface area contributed by atoms with Gasteiger partial charge in [0.15, 0.2) is 5.82 Å². The smallest absolute Gasteiger partial charge is 0.295 e. The Morgan fingerprint density at radius 1 is 0.857 bits per heavy atom. The van der Waals surface area contributed by atoms with E-state index in [-0.39, 0.29) is 5.82 Å². The second-order valence-corrected chi connectivity index (χ2v) is 6.79. The summed E-state index contributed by atoms with van der Waals surface area (Å²) in [5.41, 5.74) is 2.08. The summed E-state index contributed by atoms with van der Waals surface area (Å²) < 4.78 is 1.63. The van der Waals surface area contributed by atoms with Crippen molar-refractivity contribution in [3.8, 4) is 17.1 Å². The normalized spacial score (nSPS) is 10.6. The van der Waals surface area contributed by atoms with Crippen LogP contribution in [0.2, 0.25) is 10.0 Å². The maximum Gasteiger partial charge on any atom is 0.295 e. The highest BCUT2D eigenvalue weighted by Gasteiger charge is 2.19. The molecule has 1 amide bonds. The number of rotatable bonds is 4. The topological polar surface area (TPSA) is 59.8 Å². The van der Waals surface area contributed by atoms with E-state index in [1.165, 1.54) is 0 Å². The molecule has 0 atom stereocenters. The van der Waals surface area contributed by atoms with Gasteiger partial charge in [0.1, 0.15) is 0 Å². The Kier molecular flexibility index (Phi) is 5.10. The number of halogens is 2. The highest BCUT2D eigenvalue weighted by atomic mass is 35.5. The number of nitrogens with one attached hydrogen (secondary N) is 1. The Morgan fingerprint density at radius 3 is 2.25 bits per heavy atom. The van der Waals surface area contributed by atoms with Crippen LogP contribution in [0, 0.1) is 0 Å². The van der Waals surface area contributed by atoms with Crippen molar-refractivity contribution < 1.29 is 4.79 Å². The zero-order chi connectivity index (χ0) is 19.5. The molecule has 0 aliphatic heterocycles. The Morgan fingerprint density at radius 2 is 1.54 bits per heavy atom. The molecule has 0 bridgehead atoms. The summed E-state index contributed by atoms with van der Waals surface area (Å²) in [5.74, 6) is 0.124. The molecule has 4 rings (SSSR count). The molecule has 0 aliphatic carbocycles. The standard InChI is InChI=1S/C21H14Cl2N4O/c22-15-12-10-14(11-13-15)20-25-19(26-27(20)16-6-2-1-3-7-16)21(28)24-18-9-5-4-8-17(18)23/h1-13H,(H,24,28). The van der Waals surface area contributed by atoms with E-state index in [0.717, 1.165) is 11.3 Å². The third-order valence-corrected chi connectivity index (χ3v) is 4.62. The van der Waals surface area contributed by atoms with E-state index in [9.17, 15) is 4.79 Å². The minimum atomic E-state index is -0.446. The molecule has 1 heterocycles. The molecule has 1 aromatic heterocycles. The van der Waals surface area contributed by atoms with Gasteiger partial charge in [-0.1, -0.05) is 53.5 Å². The highest BCUT2D eigenvalue weighted by molar-refractivity contribution is 6.33. The molecule has 7 heteroatoms. The average molecular weight is 409 g/mol. The van der Waals surface area contributed by atoms with Crippen molar-refractivity contribution in [2.24, 2.45) is 0 Å². The highest BCUT2D eigenvalue weighted by Crippen LogP contribution is 2.24. The molecular weight excluding hydrogens is 395 g/mol. The van der Waals surface area contributed by atoms with Gasteiger partial charge in [-0.2, -0.15) is 0 Å².